The van der Waals surface area contributed by atoms with E-state index in [0.29, 0.717) is 11.9 Å². The van der Waals surface area contributed by atoms with Crippen molar-refractivity contribution in [3.63, 3.8) is 0 Å². The van der Waals surface area contributed by atoms with Gasteiger partial charge in [0.1, 0.15) is 0 Å². The van der Waals surface area contributed by atoms with E-state index in [0.717, 1.165) is 44.0 Å². The van der Waals surface area contributed by atoms with Crippen LogP contribution in [0.15, 0.2) is 28.8 Å². The van der Waals surface area contributed by atoms with Crippen molar-refractivity contribution in [1.82, 2.24) is 20.4 Å². The highest BCUT2D eigenvalue weighted by molar-refractivity contribution is 5.53. The molecule has 1 fully saturated rings. The Morgan fingerprint density at radius 1 is 1.29 bits per heavy atom. The quantitative estimate of drug-likeness (QED) is 0.882. The van der Waals surface area contributed by atoms with Gasteiger partial charge in [0.2, 0.25) is 0 Å². The lowest BCUT2D eigenvalue weighted by Crippen LogP contribution is -2.57. The number of hydrogen-bond donors (Lipinski definition) is 1. The monoisotopic (exact) mass is 286 g/mol. The Morgan fingerprint density at radius 3 is 2.67 bits per heavy atom. The zero-order valence-corrected chi connectivity index (χ0v) is 12.7. The molecule has 0 saturated carbocycles. The van der Waals surface area contributed by atoms with E-state index < -0.39 is 0 Å². The summed E-state index contributed by atoms with van der Waals surface area (Å²) < 4.78 is 5.40. The second-order valence-electron chi connectivity index (χ2n) is 5.66. The number of aromatic nitrogens is 2. The number of hydrogen-bond acceptors (Lipinski definition) is 5. The van der Waals surface area contributed by atoms with Crippen LogP contribution in [0.1, 0.15) is 24.7 Å². The molecule has 0 aliphatic carbocycles. The van der Waals surface area contributed by atoms with Crippen LogP contribution in [0.2, 0.25) is 0 Å². The van der Waals surface area contributed by atoms with Gasteiger partial charge in [0.15, 0.2) is 5.82 Å². The van der Waals surface area contributed by atoms with E-state index in [2.05, 4.69) is 46.3 Å². The molecule has 2 heterocycles. The second-order valence-corrected chi connectivity index (χ2v) is 5.66. The van der Waals surface area contributed by atoms with Gasteiger partial charge in [-0.05, 0) is 32.0 Å². The smallest absolute Gasteiger partial charge is 0.257 e. The van der Waals surface area contributed by atoms with E-state index in [4.69, 9.17) is 4.52 Å². The standard InChI is InChI=1S/C16H22N4O/c1-3-8-20(14-9-17-10-14)11-15-18-16(21-19-15)13-6-4-12(2)5-7-13/h4-7,14,17H,3,8-11H2,1-2H3. The fourth-order valence-corrected chi connectivity index (χ4v) is 2.52. The molecule has 1 N–H and O–H groups in total. The Balaban J connectivity index is 1.70. The Kier molecular flexibility index (Phi) is 4.31. The third-order valence-electron chi connectivity index (χ3n) is 3.90. The van der Waals surface area contributed by atoms with Crippen LogP contribution in [-0.4, -0.2) is 40.7 Å². The van der Waals surface area contributed by atoms with Crippen LogP contribution in [0.4, 0.5) is 0 Å². The van der Waals surface area contributed by atoms with Gasteiger partial charge in [-0.25, -0.2) is 0 Å². The molecule has 1 aromatic heterocycles. The van der Waals surface area contributed by atoms with Crippen LogP contribution in [0, 0.1) is 6.92 Å². The van der Waals surface area contributed by atoms with Crippen molar-refractivity contribution in [2.24, 2.45) is 0 Å². The maximum atomic E-state index is 5.40. The van der Waals surface area contributed by atoms with Gasteiger partial charge < -0.3 is 9.84 Å². The molecule has 0 atom stereocenters. The van der Waals surface area contributed by atoms with Crippen molar-refractivity contribution in [2.45, 2.75) is 32.9 Å². The van der Waals surface area contributed by atoms with Gasteiger partial charge >= 0.3 is 0 Å². The molecule has 5 nitrogen and oxygen atoms in total. The third kappa shape index (κ3) is 3.31. The van der Waals surface area contributed by atoms with E-state index in [1.54, 1.807) is 0 Å². The molecule has 0 unspecified atom stereocenters. The van der Waals surface area contributed by atoms with Crippen LogP contribution >= 0.6 is 0 Å². The SMILES string of the molecule is CCCN(Cc1noc(-c2ccc(C)cc2)n1)C1CNC1. The molecule has 1 aliphatic heterocycles. The summed E-state index contributed by atoms with van der Waals surface area (Å²) in [7, 11) is 0. The number of aryl methyl sites for hydroxylation is 1. The molecular formula is C16H22N4O. The Labute approximate surface area is 125 Å². The number of nitrogens with zero attached hydrogens (tertiary/aromatic N) is 3. The van der Waals surface area contributed by atoms with E-state index in [-0.39, 0.29) is 0 Å². The van der Waals surface area contributed by atoms with Gasteiger partial charge in [-0.2, -0.15) is 4.98 Å². The van der Waals surface area contributed by atoms with Gasteiger partial charge in [-0.15, -0.1) is 0 Å². The van der Waals surface area contributed by atoms with Crippen LogP contribution in [0.5, 0.6) is 0 Å². The molecule has 3 rings (SSSR count). The minimum absolute atomic E-state index is 0.603. The summed E-state index contributed by atoms with van der Waals surface area (Å²) in [5.74, 6) is 1.37. The first-order valence-electron chi connectivity index (χ1n) is 7.60. The van der Waals surface area contributed by atoms with Crippen LogP contribution in [0.25, 0.3) is 11.5 Å². The molecule has 1 aromatic carbocycles. The molecule has 1 saturated heterocycles. The summed E-state index contributed by atoms with van der Waals surface area (Å²) in [5, 5.41) is 7.45. The van der Waals surface area contributed by atoms with E-state index in [1.165, 1.54) is 5.56 Å². The normalized spacial score (nSPS) is 15.4. The first-order valence-corrected chi connectivity index (χ1v) is 7.60. The highest BCUT2D eigenvalue weighted by atomic mass is 16.5. The number of rotatable bonds is 6. The highest BCUT2D eigenvalue weighted by Gasteiger charge is 2.25. The minimum Gasteiger partial charge on any atom is -0.334 e. The second kappa shape index (κ2) is 6.37. The van der Waals surface area contributed by atoms with E-state index in [9.17, 15) is 0 Å². The average molecular weight is 286 g/mol. The predicted molar refractivity (Wildman–Crippen MR) is 81.8 cm³/mol. The molecule has 1 aliphatic rings. The summed E-state index contributed by atoms with van der Waals surface area (Å²) in [4.78, 5) is 6.96. The fourth-order valence-electron chi connectivity index (χ4n) is 2.52. The van der Waals surface area contributed by atoms with Crippen LogP contribution < -0.4 is 5.32 Å². The summed E-state index contributed by atoms with van der Waals surface area (Å²) in [6.07, 6.45) is 1.14. The van der Waals surface area contributed by atoms with Gasteiger partial charge in [-0.3, -0.25) is 4.90 Å². The third-order valence-corrected chi connectivity index (χ3v) is 3.90. The van der Waals surface area contributed by atoms with Gasteiger partial charge in [0.05, 0.1) is 6.54 Å². The Hall–Kier alpha value is -1.72. The highest BCUT2D eigenvalue weighted by Crippen LogP contribution is 2.18. The zero-order chi connectivity index (χ0) is 14.7. The van der Waals surface area contributed by atoms with Crippen molar-refractivity contribution in [2.75, 3.05) is 19.6 Å². The molecule has 0 amide bonds. The molecule has 0 radical (unpaired) electrons. The molecule has 21 heavy (non-hydrogen) atoms. The summed E-state index contributed by atoms with van der Waals surface area (Å²) >= 11 is 0. The first-order chi connectivity index (χ1) is 10.3. The largest absolute Gasteiger partial charge is 0.334 e. The van der Waals surface area contributed by atoms with E-state index in [1.807, 2.05) is 12.1 Å². The Morgan fingerprint density at radius 2 is 2.05 bits per heavy atom. The maximum Gasteiger partial charge on any atom is 0.257 e. The predicted octanol–water partition coefficient (Wildman–Crippen LogP) is 2.23. The lowest BCUT2D eigenvalue weighted by molar-refractivity contribution is 0.133. The first kappa shape index (κ1) is 14.2. The molecule has 5 heteroatoms. The van der Waals surface area contributed by atoms with Crippen LogP contribution in [0.3, 0.4) is 0 Å². The lowest BCUT2D eigenvalue weighted by atomic mass is 10.1. The van der Waals surface area contributed by atoms with Crippen molar-refractivity contribution >= 4 is 0 Å². The fraction of sp³-hybridized carbons (Fsp3) is 0.500. The van der Waals surface area contributed by atoms with Gasteiger partial charge in [0, 0.05) is 24.7 Å². The zero-order valence-electron chi connectivity index (χ0n) is 12.7. The topological polar surface area (TPSA) is 54.2 Å². The lowest BCUT2D eigenvalue weighted by Gasteiger charge is -2.37. The number of nitrogens with one attached hydrogen (secondary N) is 1. The molecule has 112 valence electrons. The van der Waals surface area contributed by atoms with Crippen molar-refractivity contribution in [3.05, 3.63) is 35.7 Å². The van der Waals surface area contributed by atoms with Crippen molar-refractivity contribution in [1.29, 1.82) is 0 Å². The molecule has 0 spiro atoms. The van der Waals surface area contributed by atoms with Crippen molar-refractivity contribution in [3.8, 4) is 11.5 Å². The average Bonchev–Trinajstić information content (AvgIpc) is 2.86. The maximum absolute atomic E-state index is 5.40. The summed E-state index contributed by atoms with van der Waals surface area (Å²) in [5.41, 5.74) is 2.21. The Bertz CT molecular complexity index is 574. The van der Waals surface area contributed by atoms with Crippen LogP contribution in [-0.2, 0) is 6.54 Å². The number of benzene rings is 1. The summed E-state index contributed by atoms with van der Waals surface area (Å²) in [6, 6.07) is 8.76. The van der Waals surface area contributed by atoms with Gasteiger partial charge in [0.25, 0.3) is 5.89 Å². The van der Waals surface area contributed by atoms with Gasteiger partial charge in [-0.1, -0.05) is 29.8 Å². The molecule has 0 bridgehead atoms. The van der Waals surface area contributed by atoms with E-state index >= 15 is 0 Å². The molecule has 2 aromatic rings. The minimum atomic E-state index is 0.603. The molecular weight excluding hydrogens is 264 g/mol. The summed E-state index contributed by atoms with van der Waals surface area (Å²) in [6.45, 7) is 8.22. The van der Waals surface area contributed by atoms with Crippen molar-refractivity contribution < 1.29 is 4.52 Å².